The molecule has 0 atom stereocenters. The molecule has 0 unspecified atom stereocenters. The second-order valence-corrected chi connectivity index (χ2v) is 10.3. The van der Waals surface area contributed by atoms with E-state index in [0.29, 0.717) is 5.02 Å². The Hall–Kier alpha value is -3.84. The summed E-state index contributed by atoms with van der Waals surface area (Å²) in [6.07, 6.45) is 2.86. The molecule has 0 fully saturated rings. The van der Waals surface area contributed by atoms with Crippen LogP contribution in [0.25, 0.3) is 22.3 Å². The average molecular weight is 536 g/mol. The molecule has 198 valence electrons. The van der Waals surface area contributed by atoms with Crippen LogP contribution in [0.1, 0.15) is 25.2 Å². The van der Waals surface area contributed by atoms with Gasteiger partial charge in [0.15, 0.2) is 0 Å². The average Bonchev–Trinajstić information content (AvgIpc) is 3.36. The minimum atomic E-state index is -0.726. The fourth-order valence-electron chi connectivity index (χ4n) is 4.80. The standard InChI is InChI=1S/C30H30ClNO6/c1-30(2)18-24-29(20-7-5-4-6-8-20)28(21-9-11-22(31)12-10-21)23(32(24)19-30)17-27(35)38-16-15-37-26(34)14-13-25(33)36-3/h4-14H,15-19H2,1-3H3/b14-13+. The molecule has 0 saturated carbocycles. The van der Waals surface area contributed by atoms with E-state index in [1.54, 1.807) is 0 Å². The largest absolute Gasteiger partial charge is 0.466 e. The highest BCUT2D eigenvalue weighted by Crippen LogP contribution is 2.47. The lowest BCUT2D eigenvalue weighted by atomic mass is 9.86. The van der Waals surface area contributed by atoms with Crippen LogP contribution in [0.3, 0.4) is 0 Å². The van der Waals surface area contributed by atoms with Crippen molar-refractivity contribution in [3.8, 4) is 22.3 Å². The van der Waals surface area contributed by atoms with E-state index in [0.717, 1.165) is 53.1 Å². The molecule has 7 nitrogen and oxygen atoms in total. The highest BCUT2D eigenvalue weighted by Gasteiger charge is 2.36. The van der Waals surface area contributed by atoms with E-state index < -0.39 is 17.9 Å². The number of esters is 3. The summed E-state index contributed by atoms with van der Waals surface area (Å²) in [7, 11) is 1.21. The number of fused-ring (bicyclic) bond motifs is 1. The quantitative estimate of drug-likeness (QED) is 0.157. The van der Waals surface area contributed by atoms with Gasteiger partial charge in [-0.3, -0.25) is 4.79 Å². The summed E-state index contributed by atoms with van der Waals surface area (Å²) in [5.74, 6) is -1.82. The van der Waals surface area contributed by atoms with Crippen molar-refractivity contribution in [3.05, 3.63) is 83.2 Å². The summed E-state index contributed by atoms with van der Waals surface area (Å²) in [4.78, 5) is 35.7. The Bertz CT molecular complexity index is 1360. The normalized spacial score (nSPS) is 13.8. The summed E-state index contributed by atoms with van der Waals surface area (Å²) in [6.45, 7) is 5.00. The van der Waals surface area contributed by atoms with Gasteiger partial charge in [0.2, 0.25) is 0 Å². The van der Waals surface area contributed by atoms with Gasteiger partial charge >= 0.3 is 17.9 Å². The molecule has 0 N–H and O–H groups in total. The molecule has 0 saturated heterocycles. The Labute approximate surface area is 227 Å². The Balaban J connectivity index is 1.59. The molecule has 0 amide bonds. The molecule has 2 heterocycles. The number of methoxy groups -OCH3 is 1. The number of ether oxygens (including phenoxy) is 3. The fourth-order valence-corrected chi connectivity index (χ4v) is 4.92. The van der Waals surface area contributed by atoms with E-state index in [9.17, 15) is 14.4 Å². The summed E-state index contributed by atoms with van der Waals surface area (Å²) in [6, 6.07) is 17.8. The lowest BCUT2D eigenvalue weighted by molar-refractivity contribution is -0.149. The second kappa shape index (κ2) is 11.7. The van der Waals surface area contributed by atoms with Gasteiger partial charge in [-0.2, -0.15) is 0 Å². The van der Waals surface area contributed by atoms with E-state index in [2.05, 4.69) is 35.3 Å². The van der Waals surface area contributed by atoms with E-state index in [1.165, 1.54) is 12.8 Å². The molecule has 0 spiro atoms. The zero-order valence-electron chi connectivity index (χ0n) is 21.7. The van der Waals surface area contributed by atoms with Crippen molar-refractivity contribution in [3.63, 3.8) is 0 Å². The number of aromatic nitrogens is 1. The van der Waals surface area contributed by atoms with Gasteiger partial charge in [0, 0.05) is 46.2 Å². The molecule has 4 rings (SSSR count). The third-order valence-electron chi connectivity index (χ3n) is 6.37. The molecule has 3 aromatic rings. The first-order valence-corrected chi connectivity index (χ1v) is 12.7. The van der Waals surface area contributed by atoms with Crippen molar-refractivity contribution in [1.82, 2.24) is 4.57 Å². The van der Waals surface area contributed by atoms with Crippen LogP contribution in [0.4, 0.5) is 0 Å². The van der Waals surface area contributed by atoms with Gasteiger partial charge < -0.3 is 18.8 Å². The number of halogens is 1. The first-order chi connectivity index (χ1) is 18.2. The Morgan fingerprint density at radius 1 is 0.895 bits per heavy atom. The zero-order valence-corrected chi connectivity index (χ0v) is 22.4. The number of hydrogen-bond acceptors (Lipinski definition) is 6. The smallest absolute Gasteiger partial charge is 0.331 e. The topological polar surface area (TPSA) is 83.8 Å². The number of benzene rings is 2. The van der Waals surface area contributed by atoms with Crippen molar-refractivity contribution in [2.45, 2.75) is 33.2 Å². The molecule has 0 radical (unpaired) electrons. The molecule has 0 bridgehead atoms. The second-order valence-electron chi connectivity index (χ2n) is 9.86. The number of hydrogen-bond donors (Lipinski definition) is 0. The van der Waals surface area contributed by atoms with Crippen molar-refractivity contribution < 1.29 is 28.6 Å². The van der Waals surface area contributed by atoms with Gasteiger partial charge in [-0.25, -0.2) is 9.59 Å². The van der Waals surface area contributed by atoms with Crippen LogP contribution in [-0.2, 0) is 48.0 Å². The first-order valence-electron chi connectivity index (χ1n) is 12.3. The SMILES string of the molecule is COC(=O)/C=C/C(=O)OCCOC(=O)Cc1c(-c2ccc(Cl)cc2)c(-c2ccccc2)c2n1CC(C)(C)C2. The van der Waals surface area contributed by atoms with E-state index in [4.69, 9.17) is 21.1 Å². The molecule has 38 heavy (non-hydrogen) atoms. The highest BCUT2D eigenvalue weighted by atomic mass is 35.5. The molecular weight excluding hydrogens is 506 g/mol. The van der Waals surface area contributed by atoms with Crippen LogP contribution in [0.15, 0.2) is 66.7 Å². The summed E-state index contributed by atoms with van der Waals surface area (Å²) < 4.78 is 17.1. The fraction of sp³-hybridized carbons (Fsp3) is 0.300. The highest BCUT2D eigenvalue weighted by molar-refractivity contribution is 6.30. The van der Waals surface area contributed by atoms with Gasteiger partial charge in [-0.15, -0.1) is 0 Å². The van der Waals surface area contributed by atoms with Crippen LogP contribution in [0.5, 0.6) is 0 Å². The number of carbonyl (C=O) groups excluding carboxylic acids is 3. The molecular formula is C30H30ClNO6. The summed E-state index contributed by atoms with van der Waals surface area (Å²) >= 11 is 6.19. The molecule has 0 aliphatic carbocycles. The minimum Gasteiger partial charge on any atom is -0.466 e. The van der Waals surface area contributed by atoms with Crippen LogP contribution < -0.4 is 0 Å². The maximum Gasteiger partial charge on any atom is 0.331 e. The van der Waals surface area contributed by atoms with E-state index >= 15 is 0 Å². The summed E-state index contributed by atoms with van der Waals surface area (Å²) in [5, 5.41) is 0.639. The Morgan fingerprint density at radius 3 is 2.21 bits per heavy atom. The zero-order chi connectivity index (χ0) is 27.3. The first kappa shape index (κ1) is 27.2. The maximum absolute atomic E-state index is 13.0. The molecule has 1 aliphatic rings. The predicted molar refractivity (Wildman–Crippen MR) is 145 cm³/mol. The van der Waals surface area contributed by atoms with E-state index in [1.807, 2.05) is 42.5 Å². The van der Waals surface area contributed by atoms with Crippen molar-refractivity contribution in [1.29, 1.82) is 0 Å². The van der Waals surface area contributed by atoms with Gasteiger partial charge in [-0.05, 0) is 35.1 Å². The monoisotopic (exact) mass is 535 g/mol. The predicted octanol–water partition coefficient (Wildman–Crippen LogP) is 5.42. The molecule has 1 aliphatic heterocycles. The molecule has 1 aromatic heterocycles. The number of nitrogens with zero attached hydrogens (tertiary/aromatic N) is 1. The Morgan fingerprint density at radius 2 is 1.53 bits per heavy atom. The minimum absolute atomic E-state index is 0.0436. The van der Waals surface area contributed by atoms with Gasteiger partial charge in [0.05, 0.1) is 13.5 Å². The third-order valence-corrected chi connectivity index (χ3v) is 6.62. The van der Waals surface area contributed by atoms with Crippen LogP contribution in [0, 0.1) is 5.41 Å². The van der Waals surface area contributed by atoms with Crippen LogP contribution in [0.2, 0.25) is 5.02 Å². The molecule has 2 aromatic carbocycles. The number of carbonyl (C=O) groups is 3. The van der Waals surface area contributed by atoms with Crippen LogP contribution >= 0.6 is 11.6 Å². The third kappa shape index (κ3) is 6.34. The van der Waals surface area contributed by atoms with Gasteiger partial charge in [0.25, 0.3) is 0 Å². The molecule has 8 heteroatoms. The Kier molecular flexibility index (Phi) is 8.37. The van der Waals surface area contributed by atoms with Crippen molar-refractivity contribution in [2.75, 3.05) is 20.3 Å². The van der Waals surface area contributed by atoms with E-state index in [-0.39, 0.29) is 25.0 Å². The van der Waals surface area contributed by atoms with Gasteiger partial charge in [0.1, 0.15) is 13.2 Å². The number of rotatable bonds is 9. The van der Waals surface area contributed by atoms with Gasteiger partial charge in [-0.1, -0.05) is 67.9 Å². The lowest BCUT2D eigenvalue weighted by Crippen LogP contribution is -2.18. The lowest BCUT2D eigenvalue weighted by Gasteiger charge is -2.19. The maximum atomic E-state index is 13.0. The van der Waals surface area contributed by atoms with Crippen LogP contribution in [-0.4, -0.2) is 42.8 Å². The van der Waals surface area contributed by atoms with Crippen molar-refractivity contribution >= 4 is 29.5 Å². The van der Waals surface area contributed by atoms with Crippen molar-refractivity contribution in [2.24, 2.45) is 5.41 Å². The summed E-state index contributed by atoms with van der Waals surface area (Å²) in [5.41, 5.74) is 6.30.